The normalized spacial score (nSPS) is 14.6. The lowest BCUT2D eigenvalue weighted by atomic mass is 10.00. The zero-order valence-corrected chi connectivity index (χ0v) is 20.6. The lowest BCUT2D eigenvalue weighted by molar-refractivity contribution is 0.412. The van der Waals surface area contributed by atoms with Crippen molar-refractivity contribution in [2.24, 2.45) is 5.92 Å². The lowest BCUT2D eigenvalue weighted by Crippen LogP contribution is -2.13. The van der Waals surface area contributed by atoms with Gasteiger partial charge in [0, 0.05) is 10.4 Å². The number of thiazole rings is 1. The van der Waals surface area contributed by atoms with Gasteiger partial charge in [-0.1, -0.05) is 36.6 Å². The van der Waals surface area contributed by atoms with E-state index in [9.17, 15) is 0 Å². The van der Waals surface area contributed by atoms with Gasteiger partial charge in [-0.2, -0.15) is 0 Å². The number of nitrogens with one attached hydrogen (secondary N) is 1. The molecular weight excluding hydrogens is 431 g/mol. The van der Waals surface area contributed by atoms with Crippen LogP contribution in [-0.4, -0.2) is 12.1 Å². The summed E-state index contributed by atoms with van der Waals surface area (Å²) < 4.78 is 5.40. The Hall–Kier alpha value is -1.61. The largest absolute Gasteiger partial charge is 0.496 e. The lowest BCUT2D eigenvalue weighted by Gasteiger charge is -2.19. The van der Waals surface area contributed by atoms with E-state index in [1.165, 1.54) is 29.3 Å². The van der Waals surface area contributed by atoms with Crippen LogP contribution in [0.25, 0.3) is 11.3 Å². The molecule has 3 aromatic rings. The predicted molar refractivity (Wildman–Crippen MR) is 133 cm³/mol. The van der Waals surface area contributed by atoms with Gasteiger partial charge in [0.05, 0.1) is 23.9 Å². The summed E-state index contributed by atoms with van der Waals surface area (Å²) in [6, 6.07) is 10.9. The summed E-state index contributed by atoms with van der Waals surface area (Å²) in [4.78, 5) is 6.10. The van der Waals surface area contributed by atoms with Crippen molar-refractivity contribution in [2.75, 3.05) is 12.4 Å². The summed E-state index contributed by atoms with van der Waals surface area (Å²) in [6.45, 7) is 6.28. The maximum absolute atomic E-state index is 6.57. The highest BCUT2D eigenvalue weighted by Gasteiger charge is 2.27. The van der Waals surface area contributed by atoms with E-state index in [-0.39, 0.29) is 6.04 Å². The highest BCUT2D eigenvalue weighted by atomic mass is 35.5. The fourth-order valence-corrected chi connectivity index (χ4v) is 5.17. The molecule has 0 amide bonds. The molecule has 1 aliphatic rings. The highest BCUT2D eigenvalue weighted by molar-refractivity contribution is 7.27. The van der Waals surface area contributed by atoms with Crippen LogP contribution < -0.4 is 15.4 Å². The third-order valence-electron chi connectivity index (χ3n) is 5.81. The van der Waals surface area contributed by atoms with Crippen molar-refractivity contribution in [2.45, 2.75) is 46.1 Å². The number of ether oxygens (including phenoxy) is 1. The Labute approximate surface area is 190 Å². The van der Waals surface area contributed by atoms with Crippen molar-refractivity contribution in [3.8, 4) is 17.0 Å². The van der Waals surface area contributed by atoms with E-state index >= 15 is 0 Å². The first-order valence-corrected chi connectivity index (χ1v) is 12.1. The highest BCUT2D eigenvalue weighted by Crippen LogP contribution is 2.41. The summed E-state index contributed by atoms with van der Waals surface area (Å²) in [7, 11) is 4.52. The summed E-state index contributed by atoms with van der Waals surface area (Å²) in [5.74, 6) is 1.61. The topological polar surface area (TPSA) is 34.1 Å². The van der Waals surface area contributed by atoms with E-state index < -0.39 is 0 Å². The first-order chi connectivity index (χ1) is 14.4. The quantitative estimate of drug-likeness (QED) is 0.393. The minimum atomic E-state index is 0.267. The SMILES string of the molecule is COc1cc(Cl)c(-c2nc(N[C@@H](CC3CC3)c3ccc(C)c(P)c3)sc2C)cc1C. The molecule has 1 fully saturated rings. The average molecular weight is 459 g/mol. The van der Waals surface area contributed by atoms with E-state index in [0.717, 1.165) is 44.9 Å². The Kier molecular flexibility index (Phi) is 6.39. The number of anilines is 1. The van der Waals surface area contributed by atoms with Crippen LogP contribution in [0.4, 0.5) is 5.13 Å². The van der Waals surface area contributed by atoms with Gasteiger partial charge in [-0.05, 0) is 73.3 Å². The van der Waals surface area contributed by atoms with Crippen molar-refractivity contribution in [3.05, 3.63) is 56.9 Å². The molecule has 2 atom stereocenters. The van der Waals surface area contributed by atoms with Crippen LogP contribution in [0, 0.1) is 26.7 Å². The number of hydrogen-bond donors (Lipinski definition) is 1. The van der Waals surface area contributed by atoms with Crippen LogP contribution in [0.5, 0.6) is 5.75 Å². The molecular formula is C24H28ClN2OPS. The summed E-state index contributed by atoms with van der Waals surface area (Å²) in [5, 5.41) is 6.60. The van der Waals surface area contributed by atoms with Gasteiger partial charge in [0.25, 0.3) is 0 Å². The number of rotatable bonds is 7. The Bertz CT molecular complexity index is 1080. The molecule has 0 saturated heterocycles. The fourth-order valence-electron chi connectivity index (χ4n) is 3.76. The molecule has 1 unspecified atom stereocenters. The van der Waals surface area contributed by atoms with Crippen LogP contribution in [0.15, 0.2) is 30.3 Å². The van der Waals surface area contributed by atoms with E-state index in [4.69, 9.17) is 21.3 Å². The van der Waals surface area contributed by atoms with E-state index in [2.05, 4.69) is 52.7 Å². The smallest absolute Gasteiger partial charge is 0.183 e. The molecule has 1 saturated carbocycles. The molecule has 0 radical (unpaired) electrons. The molecule has 1 aromatic heterocycles. The number of nitrogens with zero attached hydrogens (tertiary/aromatic N) is 1. The second-order valence-corrected chi connectivity index (χ2v) is 10.4. The van der Waals surface area contributed by atoms with Gasteiger partial charge in [0.2, 0.25) is 0 Å². The van der Waals surface area contributed by atoms with Crippen LogP contribution in [0.2, 0.25) is 5.02 Å². The third-order valence-corrected chi connectivity index (χ3v) is 7.64. The molecule has 0 bridgehead atoms. The first-order valence-electron chi connectivity index (χ1n) is 10.3. The molecule has 6 heteroatoms. The second kappa shape index (κ2) is 8.86. The number of benzene rings is 2. The van der Waals surface area contributed by atoms with Crippen molar-refractivity contribution < 1.29 is 4.74 Å². The Morgan fingerprint density at radius 1 is 1.20 bits per heavy atom. The van der Waals surface area contributed by atoms with Gasteiger partial charge in [-0.25, -0.2) is 4.98 Å². The molecule has 3 nitrogen and oxygen atoms in total. The van der Waals surface area contributed by atoms with Gasteiger partial charge >= 0.3 is 0 Å². The number of halogens is 1. The summed E-state index contributed by atoms with van der Waals surface area (Å²) >= 11 is 8.26. The molecule has 2 aromatic carbocycles. The Morgan fingerprint density at radius 2 is 1.97 bits per heavy atom. The molecule has 1 heterocycles. The fraction of sp³-hybridized carbons (Fsp3) is 0.375. The maximum Gasteiger partial charge on any atom is 0.183 e. The number of hydrogen-bond acceptors (Lipinski definition) is 4. The zero-order valence-electron chi connectivity index (χ0n) is 17.9. The Morgan fingerprint density at radius 3 is 2.63 bits per heavy atom. The molecule has 158 valence electrons. The van der Waals surface area contributed by atoms with Crippen LogP contribution in [0.3, 0.4) is 0 Å². The van der Waals surface area contributed by atoms with Crippen LogP contribution in [-0.2, 0) is 0 Å². The number of methoxy groups -OCH3 is 1. The van der Waals surface area contributed by atoms with Crippen LogP contribution in [0.1, 0.15) is 46.9 Å². The van der Waals surface area contributed by atoms with Gasteiger partial charge in [0.15, 0.2) is 5.13 Å². The van der Waals surface area contributed by atoms with Crippen molar-refractivity contribution in [1.29, 1.82) is 0 Å². The van der Waals surface area contributed by atoms with Gasteiger partial charge < -0.3 is 10.1 Å². The average Bonchev–Trinajstić information content (AvgIpc) is 3.46. The molecule has 0 aliphatic heterocycles. The minimum Gasteiger partial charge on any atom is -0.496 e. The number of aromatic nitrogens is 1. The second-order valence-electron chi connectivity index (χ2n) is 8.22. The monoisotopic (exact) mass is 458 g/mol. The van der Waals surface area contributed by atoms with Gasteiger partial charge in [-0.15, -0.1) is 20.6 Å². The van der Waals surface area contributed by atoms with Gasteiger partial charge in [0.1, 0.15) is 5.75 Å². The van der Waals surface area contributed by atoms with Crippen molar-refractivity contribution in [1.82, 2.24) is 4.98 Å². The third kappa shape index (κ3) is 4.66. The summed E-state index contributed by atoms with van der Waals surface area (Å²) in [5.41, 5.74) is 5.58. The van der Waals surface area contributed by atoms with E-state index in [1.807, 2.05) is 13.0 Å². The van der Waals surface area contributed by atoms with E-state index in [1.54, 1.807) is 18.4 Å². The predicted octanol–water partition coefficient (Wildman–Crippen LogP) is 6.85. The standard InChI is InChI=1S/C24H28ClN2OPS/c1-13-5-8-17(11-22(13)29)20(10-16-6-7-16)26-24-27-23(15(3)30-24)18-9-14(2)21(28-4)12-19(18)25/h5,8-9,11-12,16,20H,6-7,10,29H2,1-4H3,(H,26,27)/t20-/m0/s1. The first kappa shape index (κ1) is 21.6. The maximum atomic E-state index is 6.57. The van der Waals surface area contributed by atoms with Gasteiger partial charge in [-0.3, -0.25) is 0 Å². The Balaban J connectivity index is 1.64. The molecule has 30 heavy (non-hydrogen) atoms. The molecule has 1 N–H and O–H groups in total. The van der Waals surface area contributed by atoms with Crippen molar-refractivity contribution in [3.63, 3.8) is 0 Å². The van der Waals surface area contributed by atoms with Crippen molar-refractivity contribution >= 4 is 42.6 Å². The zero-order chi connectivity index (χ0) is 21.4. The minimum absolute atomic E-state index is 0.267. The summed E-state index contributed by atoms with van der Waals surface area (Å²) in [6.07, 6.45) is 3.81. The molecule has 0 spiro atoms. The van der Waals surface area contributed by atoms with E-state index in [0.29, 0.717) is 5.02 Å². The molecule has 1 aliphatic carbocycles. The number of aryl methyl sites for hydroxylation is 3. The molecule has 4 rings (SSSR count). The van der Waals surface area contributed by atoms with Crippen LogP contribution >= 0.6 is 32.2 Å².